The van der Waals surface area contributed by atoms with Gasteiger partial charge in [-0.1, -0.05) is 0 Å². The van der Waals surface area contributed by atoms with E-state index < -0.39 is 0 Å². The Morgan fingerprint density at radius 1 is 1.33 bits per heavy atom. The largest absolute Gasteiger partial charge is 0.378 e. The first-order valence-corrected chi connectivity index (χ1v) is 7.70. The van der Waals surface area contributed by atoms with Crippen LogP contribution in [0.1, 0.15) is 18.2 Å². The van der Waals surface area contributed by atoms with Gasteiger partial charge in [-0.15, -0.1) is 0 Å². The molecule has 2 rings (SSSR count). The molecule has 0 aliphatic carbocycles. The standard InChI is InChI=1S/C15H17FIN3O/c1-4-18-15-13(17)12(8-21-3)19-14(20-15)10-5-6-11(16)9(2)7-10/h5-7H,4,8H2,1-3H3,(H,18,19,20). The van der Waals surface area contributed by atoms with Gasteiger partial charge in [0.25, 0.3) is 0 Å². The number of nitrogens with one attached hydrogen (secondary N) is 1. The number of halogens is 2. The highest BCUT2D eigenvalue weighted by Gasteiger charge is 2.13. The first kappa shape index (κ1) is 16.1. The summed E-state index contributed by atoms with van der Waals surface area (Å²) < 4.78 is 19.5. The number of nitrogens with zero attached hydrogens (tertiary/aromatic N) is 2. The molecule has 0 spiro atoms. The van der Waals surface area contributed by atoms with Crippen LogP contribution in [0.5, 0.6) is 0 Å². The molecule has 0 saturated heterocycles. The van der Waals surface area contributed by atoms with Crippen molar-refractivity contribution in [1.29, 1.82) is 0 Å². The summed E-state index contributed by atoms with van der Waals surface area (Å²) in [5.74, 6) is 1.12. The minimum atomic E-state index is -0.228. The average molecular weight is 401 g/mol. The van der Waals surface area contributed by atoms with Crippen molar-refractivity contribution in [2.24, 2.45) is 0 Å². The molecule has 0 aliphatic rings. The Kier molecular flexibility index (Phi) is 5.46. The van der Waals surface area contributed by atoms with Gasteiger partial charge in [0.05, 0.1) is 15.9 Å². The van der Waals surface area contributed by atoms with Gasteiger partial charge in [0.2, 0.25) is 0 Å². The van der Waals surface area contributed by atoms with Gasteiger partial charge in [-0.2, -0.15) is 0 Å². The topological polar surface area (TPSA) is 47.0 Å². The van der Waals surface area contributed by atoms with Crippen LogP contribution < -0.4 is 5.32 Å². The molecule has 0 amide bonds. The normalized spacial score (nSPS) is 10.7. The van der Waals surface area contributed by atoms with E-state index in [4.69, 9.17) is 4.74 Å². The fraction of sp³-hybridized carbons (Fsp3) is 0.333. The molecule has 0 fully saturated rings. The minimum Gasteiger partial charge on any atom is -0.378 e. The van der Waals surface area contributed by atoms with E-state index in [2.05, 4.69) is 37.9 Å². The Labute approximate surface area is 137 Å². The van der Waals surface area contributed by atoms with Crippen LogP contribution >= 0.6 is 22.6 Å². The molecule has 2 aromatic rings. The molecule has 0 radical (unpaired) electrons. The predicted molar refractivity (Wildman–Crippen MR) is 89.8 cm³/mol. The molecule has 0 bridgehead atoms. The predicted octanol–water partition coefficient (Wildman–Crippen LogP) is 3.77. The van der Waals surface area contributed by atoms with Crippen LogP contribution in [-0.2, 0) is 11.3 Å². The van der Waals surface area contributed by atoms with Gasteiger partial charge in [0.15, 0.2) is 5.82 Å². The first-order chi connectivity index (χ1) is 10.1. The SMILES string of the molecule is CCNc1nc(-c2ccc(F)c(C)c2)nc(COC)c1I. The minimum absolute atomic E-state index is 0.228. The van der Waals surface area contributed by atoms with Crippen molar-refractivity contribution in [3.63, 3.8) is 0 Å². The Morgan fingerprint density at radius 3 is 2.71 bits per heavy atom. The van der Waals surface area contributed by atoms with Crippen molar-refractivity contribution in [2.75, 3.05) is 19.0 Å². The fourth-order valence-electron chi connectivity index (χ4n) is 1.92. The molecule has 1 heterocycles. The van der Waals surface area contributed by atoms with Crippen LogP contribution in [0, 0.1) is 16.3 Å². The number of aryl methyl sites for hydroxylation is 1. The summed E-state index contributed by atoms with van der Waals surface area (Å²) in [6, 6.07) is 4.88. The third-order valence-corrected chi connectivity index (χ3v) is 4.09. The number of rotatable bonds is 5. The van der Waals surface area contributed by atoms with Crippen LogP contribution in [0.15, 0.2) is 18.2 Å². The zero-order chi connectivity index (χ0) is 15.4. The van der Waals surface area contributed by atoms with Crippen molar-refractivity contribution in [3.05, 3.63) is 38.8 Å². The van der Waals surface area contributed by atoms with E-state index in [0.717, 1.165) is 27.2 Å². The highest BCUT2D eigenvalue weighted by molar-refractivity contribution is 14.1. The van der Waals surface area contributed by atoms with Gasteiger partial charge >= 0.3 is 0 Å². The lowest BCUT2D eigenvalue weighted by atomic mass is 10.1. The highest BCUT2D eigenvalue weighted by atomic mass is 127. The second kappa shape index (κ2) is 7.13. The molecule has 1 aromatic carbocycles. The van der Waals surface area contributed by atoms with Crippen LogP contribution in [0.2, 0.25) is 0 Å². The lowest BCUT2D eigenvalue weighted by molar-refractivity contribution is 0.181. The maximum atomic E-state index is 13.4. The summed E-state index contributed by atoms with van der Waals surface area (Å²) >= 11 is 2.21. The van der Waals surface area contributed by atoms with E-state index in [1.54, 1.807) is 26.2 Å². The van der Waals surface area contributed by atoms with Crippen molar-refractivity contribution in [2.45, 2.75) is 20.5 Å². The van der Waals surface area contributed by atoms with E-state index in [0.29, 0.717) is 18.0 Å². The lowest BCUT2D eigenvalue weighted by Gasteiger charge is -2.12. The number of aromatic nitrogens is 2. The Morgan fingerprint density at radius 2 is 2.10 bits per heavy atom. The zero-order valence-corrected chi connectivity index (χ0v) is 14.4. The van der Waals surface area contributed by atoms with Gasteiger partial charge in [0, 0.05) is 19.2 Å². The molecule has 4 nitrogen and oxygen atoms in total. The number of anilines is 1. The number of hydrogen-bond acceptors (Lipinski definition) is 4. The van der Waals surface area contributed by atoms with Crippen LogP contribution in [0.3, 0.4) is 0 Å². The second-order valence-electron chi connectivity index (χ2n) is 4.58. The maximum absolute atomic E-state index is 13.4. The van der Waals surface area contributed by atoms with Crippen LogP contribution in [-0.4, -0.2) is 23.6 Å². The number of benzene rings is 1. The number of hydrogen-bond donors (Lipinski definition) is 1. The molecule has 0 atom stereocenters. The van der Waals surface area contributed by atoms with Crippen LogP contribution in [0.4, 0.5) is 10.2 Å². The van der Waals surface area contributed by atoms with Crippen molar-refractivity contribution < 1.29 is 9.13 Å². The van der Waals surface area contributed by atoms with Gasteiger partial charge in [-0.05, 0) is 60.2 Å². The third-order valence-electron chi connectivity index (χ3n) is 2.96. The van der Waals surface area contributed by atoms with Gasteiger partial charge in [-0.25, -0.2) is 14.4 Å². The molecular formula is C15H17FIN3O. The van der Waals surface area contributed by atoms with E-state index in [1.165, 1.54) is 6.07 Å². The monoisotopic (exact) mass is 401 g/mol. The van der Waals surface area contributed by atoms with Crippen molar-refractivity contribution >= 4 is 28.4 Å². The Balaban J connectivity index is 2.53. The second-order valence-corrected chi connectivity index (χ2v) is 5.66. The van der Waals surface area contributed by atoms with E-state index >= 15 is 0 Å². The lowest BCUT2D eigenvalue weighted by Crippen LogP contribution is -2.08. The summed E-state index contributed by atoms with van der Waals surface area (Å²) in [6.45, 7) is 4.91. The summed E-state index contributed by atoms with van der Waals surface area (Å²) in [4.78, 5) is 9.08. The molecule has 0 unspecified atom stereocenters. The van der Waals surface area contributed by atoms with Crippen LogP contribution in [0.25, 0.3) is 11.4 Å². The van der Waals surface area contributed by atoms with E-state index in [9.17, 15) is 4.39 Å². The summed E-state index contributed by atoms with van der Waals surface area (Å²) in [5, 5.41) is 3.22. The zero-order valence-electron chi connectivity index (χ0n) is 12.2. The van der Waals surface area contributed by atoms with Crippen molar-refractivity contribution in [3.8, 4) is 11.4 Å². The Bertz CT molecular complexity index is 622. The molecule has 1 N–H and O–H groups in total. The molecule has 21 heavy (non-hydrogen) atoms. The van der Waals surface area contributed by atoms with Gasteiger partial charge in [0.1, 0.15) is 11.6 Å². The Hall–Kier alpha value is -1.28. The fourth-order valence-corrected chi connectivity index (χ4v) is 2.51. The third kappa shape index (κ3) is 3.68. The smallest absolute Gasteiger partial charge is 0.161 e. The molecule has 0 saturated carbocycles. The average Bonchev–Trinajstić information content (AvgIpc) is 2.46. The molecule has 6 heteroatoms. The van der Waals surface area contributed by atoms with Gasteiger partial charge < -0.3 is 10.1 Å². The van der Waals surface area contributed by atoms with E-state index in [1.807, 2.05) is 6.92 Å². The molecular weight excluding hydrogens is 384 g/mol. The quantitative estimate of drug-likeness (QED) is 0.775. The summed E-state index contributed by atoms with van der Waals surface area (Å²) in [5.41, 5.74) is 2.19. The van der Waals surface area contributed by atoms with Crippen molar-refractivity contribution in [1.82, 2.24) is 9.97 Å². The number of methoxy groups -OCH3 is 1. The summed E-state index contributed by atoms with van der Waals surface area (Å²) in [7, 11) is 1.63. The first-order valence-electron chi connectivity index (χ1n) is 6.62. The van der Waals surface area contributed by atoms with Gasteiger partial charge in [-0.3, -0.25) is 0 Å². The highest BCUT2D eigenvalue weighted by Crippen LogP contribution is 2.25. The summed E-state index contributed by atoms with van der Waals surface area (Å²) in [6.07, 6.45) is 0. The maximum Gasteiger partial charge on any atom is 0.161 e. The molecule has 0 aliphatic heterocycles. The number of ether oxygens (including phenoxy) is 1. The molecule has 1 aromatic heterocycles. The molecule has 112 valence electrons. The van der Waals surface area contributed by atoms with E-state index in [-0.39, 0.29) is 5.82 Å².